The summed E-state index contributed by atoms with van der Waals surface area (Å²) in [4.78, 5) is 35.7. The predicted octanol–water partition coefficient (Wildman–Crippen LogP) is 4.21. The van der Waals surface area contributed by atoms with Crippen molar-refractivity contribution < 1.29 is 23.8 Å². The van der Waals surface area contributed by atoms with E-state index in [1.807, 2.05) is 6.92 Å². The first kappa shape index (κ1) is 26.7. The van der Waals surface area contributed by atoms with Gasteiger partial charge in [0.1, 0.15) is 29.6 Å². The molecular formula is C26H23Cl2FN6O4. The molecule has 202 valence electrons. The van der Waals surface area contributed by atoms with Gasteiger partial charge >= 0.3 is 0 Å². The van der Waals surface area contributed by atoms with E-state index < -0.39 is 23.4 Å². The molecule has 0 unspecified atom stereocenters. The first-order chi connectivity index (χ1) is 18.6. The van der Waals surface area contributed by atoms with Gasteiger partial charge in [-0.1, -0.05) is 23.2 Å². The summed E-state index contributed by atoms with van der Waals surface area (Å²) in [5.41, 5.74) is 6.32. The summed E-state index contributed by atoms with van der Waals surface area (Å²) in [7, 11) is 0. The van der Waals surface area contributed by atoms with Gasteiger partial charge in [-0.05, 0) is 30.7 Å². The lowest BCUT2D eigenvalue weighted by Gasteiger charge is -2.34. The second-order valence-corrected chi connectivity index (χ2v) is 9.88. The Hall–Kier alpha value is -3.93. The van der Waals surface area contributed by atoms with Crippen LogP contribution in [-0.4, -0.2) is 57.3 Å². The molecule has 1 aromatic carbocycles. The van der Waals surface area contributed by atoms with Crippen molar-refractivity contribution in [1.82, 2.24) is 14.5 Å². The van der Waals surface area contributed by atoms with E-state index in [0.717, 1.165) is 0 Å². The number of pyridine rings is 2. The largest absolute Gasteiger partial charge is 0.506 e. The molecule has 1 fully saturated rings. The molecule has 1 aliphatic heterocycles. The molecule has 13 heteroatoms. The number of anilines is 2. The maximum Gasteiger partial charge on any atom is 0.252 e. The third kappa shape index (κ3) is 5.20. The average Bonchev–Trinajstić information content (AvgIpc) is 3.26. The number of benzene rings is 1. The summed E-state index contributed by atoms with van der Waals surface area (Å²) in [6.07, 6.45) is 4.27. The van der Waals surface area contributed by atoms with Gasteiger partial charge in [-0.2, -0.15) is 0 Å². The molecule has 0 spiro atoms. The quantitative estimate of drug-likeness (QED) is 0.315. The molecule has 1 aliphatic rings. The molecule has 10 nitrogen and oxygen atoms in total. The number of morpholine rings is 1. The van der Waals surface area contributed by atoms with E-state index in [0.29, 0.717) is 42.4 Å². The summed E-state index contributed by atoms with van der Waals surface area (Å²) < 4.78 is 22.0. The fourth-order valence-electron chi connectivity index (χ4n) is 4.55. The highest BCUT2D eigenvalue weighted by Crippen LogP contribution is 2.37. The van der Waals surface area contributed by atoms with Crippen molar-refractivity contribution >= 4 is 57.6 Å². The lowest BCUT2D eigenvalue weighted by Crippen LogP contribution is -2.44. The molecule has 39 heavy (non-hydrogen) atoms. The van der Waals surface area contributed by atoms with E-state index in [1.165, 1.54) is 41.4 Å². The van der Waals surface area contributed by atoms with Crippen LogP contribution in [0.4, 0.5) is 15.9 Å². The minimum Gasteiger partial charge on any atom is -0.506 e. The maximum absolute atomic E-state index is 15.0. The minimum atomic E-state index is -0.905. The highest BCUT2D eigenvalue weighted by atomic mass is 35.5. The summed E-state index contributed by atoms with van der Waals surface area (Å²) >= 11 is 12.4. The van der Waals surface area contributed by atoms with Crippen LogP contribution in [0.2, 0.25) is 10.0 Å². The van der Waals surface area contributed by atoms with E-state index in [4.69, 9.17) is 33.7 Å². The van der Waals surface area contributed by atoms with Crippen LogP contribution < -0.4 is 16.0 Å². The third-order valence-corrected chi connectivity index (χ3v) is 7.03. The van der Waals surface area contributed by atoms with Gasteiger partial charge in [0.15, 0.2) is 0 Å². The molecule has 4 aromatic rings. The number of phenols is 1. The Morgan fingerprint density at radius 3 is 2.79 bits per heavy atom. The number of aromatic hydroxyl groups is 1. The van der Waals surface area contributed by atoms with E-state index >= 15 is 4.39 Å². The van der Waals surface area contributed by atoms with Gasteiger partial charge in [-0.25, -0.2) is 14.4 Å². The van der Waals surface area contributed by atoms with Gasteiger partial charge in [0.05, 0.1) is 52.1 Å². The summed E-state index contributed by atoms with van der Waals surface area (Å²) in [5.74, 6) is -1.77. The van der Waals surface area contributed by atoms with Crippen molar-refractivity contribution in [2.45, 2.75) is 19.5 Å². The Labute approximate surface area is 232 Å². The van der Waals surface area contributed by atoms with Crippen molar-refractivity contribution in [3.63, 3.8) is 0 Å². The fraction of sp³-hybridized carbons (Fsp3) is 0.231. The second-order valence-electron chi connectivity index (χ2n) is 9.07. The van der Waals surface area contributed by atoms with Crippen LogP contribution in [0.5, 0.6) is 5.75 Å². The van der Waals surface area contributed by atoms with Crippen LogP contribution in [0.3, 0.4) is 0 Å². The van der Waals surface area contributed by atoms with Crippen molar-refractivity contribution in [3.8, 4) is 16.9 Å². The molecule has 0 saturated carbocycles. The second kappa shape index (κ2) is 10.7. The molecule has 4 heterocycles. The van der Waals surface area contributed by atoms with Gasteiger partial charge in [-0.3, -0.25) is 9.59 Å². The number of halogens is 3. The Balaban J connectivity index is 1.47. The lowest BCUT2D eigenvalue weighted by atomic mass is 10.0. The van der Waals surface area contributed by atoms with Gasteiger partial charge in [0.25, 0.3) is 5.91 Å². The lowest BCUT2D eigenvalue weighted by molar-refractivity contribution is -0.116. The number of ether oxygens (including phenoxy) is 1. The number of carbonyl (C=O) groups is 2. The molecule has 4 N–H and O–H groups in total. The van der Waals surface area contributed by atoms with Gasteiger partial charge < -0.3 is 30.4 Å². The van der Waals surface area contributed by atoms with Crippen LogP contribution in [-0.2, 0) is 16.1 Å². The molecule has 0 radical (unpaired) electrons. The average molecular weight is 573 g/mol. The van der Waals surface area contributed by atoms with Crippen molar-refractivity contribution in [2.75, 3.05) is 30.0 Å². The van der Waals surface area contributed by atoms with Crippen LogP contribution in [0.1, 0.15) is 17.3 Å². The fourth-order valence-corrected chi connectivity index (χ4v) is 4.92. The zero-order valence-electron chi connectivity index (χ0n) is 20.6. The molecule has 0 bridgehead atoms. The Morgan fingerprint density at radius 1 is 1.26 bits per heavy atom. The number of nitrogens with zero attached hydrogens (tertiary/aromatic N) is 4. The normalized spacial score (nSPS) is 15.5. The number of fused-ring (bicyclic) bond motifs is 1. The number of hydrogen-bond acceptors (Lipinski definition) is 7. The maximum atomic E-state index is 15.0. The van der Waals surface area contributed by atoms with E-state index in [9.17, 15) is 14.7 Å². The van der Waals surface area contributed by atoms with Crippen molar-refractivity contribution in [2.24, 2.45) is 5.73 Å². The van der Waals surface area contributed by atoms with Crippen LogP contribution in [0.15, 0.2) is 42.9 Å². The number of hydrogen-bond donors (Lipinski definition) is 3. The van der Waals surface area contributed by atoms with Gasteiger partial charge in [0.2, 0.25) is 5.91 Å². The number of primary amides is 1. The molecule has 1 atom stereocenters. The summed E-state index contributed by atoms with van der Waals surface area (Å²) in [6.45, 7) is 3.56. The third-order valence-electron chi connectivity index (χ3n) is 6.44. The Bertz CT molecular complexity index is 1610. The predicted molar refractivity (Wildman–Crippen MR) is 146 cm³/mol. The topological polar surface area (TPSA) is 136 Å². The molecule has 0 aliphatic carbocycles. The molecule has 2 amide bonds. The molecule has 1 saturated heterocycles. The smallest absolute Gasteiger partial charge is 0.252 e. The van der Waals surface area contributed by atoms with Crippen LogP contribution in [0, 0.1) is 5.82 Å². The Kier molecular flexibility index (Phi) is 7.30. The van der Waals surface area contributed by atoms with E-state index in [-0.39, 0.29) is 39.2 Å². The monoisotopic (exact) mass is 572 g/mol. The first-order valence-corrected chi connectivity index (χ1v) is 12.7. The number of carbonyl (C=O) groups excluding carboxylic acids is 2. The van der Waals surface area contributed by atoms with E-state index in [2.05, 4.69) is 20.2 Å². The van der Waals surface area contributed by atoms with E-state index in [1.54, 1.807) is 6.07 Å². The standard InChI is InChI=1S/C26H23Cl2FN6O4/c1-13-12-39-5-4-35(13)21-8-20(18(28)9-32-21)33-22(36)11-34-10-16(23-19(29)2-3-31-26(23)34)14-6-15(25(30)38)24(37)17(27)7-14/h2-3,6-10,13,37H,4-5,11-12H2,1H3,(H2,30,38)(H,32,33,36)/t13-/m0/s1. The Morgan fingerprint density at radius 2 is 2.05 bits per heavy atom. The zero-order valence-corrected chi connectivity index (χ0v) is 22.1. The van der Waals surface area contributed by atoms with Crippen molar-refractivity contribution in [3.05, 3.63) is 64.3 Å². The molecular weight excluding hydrogens is 550 g/mol. The van der Waals surface area contributed by atoms with Crippen LogP contribution in [0.25, 0.3) is 22.2 Å². The minimum absolute atomic E-state index is 0.102. The van der Waals surface area contributed by atoms with Crippen LogP contribution >= 0.6 is 23.2 Å². The SMILES string of the molecule is C[C@H]1COCCN1c1cc(NC(=O)Cn2cc(-c3cc(Cl)c(O)c(C(N)=O)c3)c3c(F)ccnc32)c(Cl)cn1. The number of nitrogens with one attached hydrogen (secondary N) is 1. The zero-order chi connectivity index (χ0) is 27.8. The van der Waals surface area contributed by atoms with Gasteiger partial charge in [0, 0.05) is 30.6 Å². The number of aromatic nitrogens is 3. The summed E-state index contributed by atoms with van der Waals surface area (Å²) in [6, 6.07) is 5.66. The highest BCUT2D eigenvalue weighted by molar-refractivity contribution is 6.34. The number of amides is 2. The highest BCUT2D eigenvalue weighted by Gasteiger charge is 2.23. The number of nitrogens with two attached hydrogens (primary N) is 1. The van der Waals surface area contributed by atoms with Crippen molar-refractivity contribution in [1.29, 1.82) is 0 Å². The first-order valence-electron chi connectivity index (χ1n) is 11.9. The molecule has 5 rings (SSSR count). The number of rotatable bonds is 6. The summed E-state index contributed by atoms with van der Waals surface area (Å²) in [5, 5.41) is 13.1. The van der Waals surface area contributed by atoms with Gasteiger partial charge in [-0.15, -0.1) is 0 Å². The molecule has 3 aromatic heterocycles.